The molecule has 14 nitrogen and oxygen atoms in total. The molecule has 0 radical (unpaired) electrons. The Morgan fingerprint density at radius 2 is 1.41 bits per heavy atom. The van der Waals surface area contributed by atoms with Crippen LogP contribution in [0.4, 0.5) is 0 Å². The van der Waals surface area contributed by atoms with Crippen LogP contribution in [-0.4, -0.2) is 105 Å². The topological polar surface area (TPSA) is 182 Å². The Morgan fingerprint density at radius 1 is 0.824 bits per heavy atom. The quantitative estimate of drug-likeness (QED) is 0.167. The maximum absolute atomic E-state index is 11.8. The first-order valence-corrected chi connectivity index (χ1v) is 10.4. The highest BCUT2D eigenvalue weighted by molar-refractivity contribution is 5.73. The van der Waals surface area contributed by atoms with E-state index < -0.39 is 67.0 Å². The number of carbonyl (C=O) groups is 5. The summed E-state index contributed by atoms with van der Waals surface area (Å²) in [6.45, 7) is 4.10. The Labute approximate surface area is 196 Å². The van der Waals surface area contributed by atoms with Gasteiger partial charge in [0.2, 0.25) is 5.91 Å². The van der Waals surface area contributed by atoms with Crippen molar-refractivity contribution in [1.29, 1.82) is 0 Å². The van der Waals surface area contributed by atoms with Gasteiger partial charge in [0.05, 0.1) is 26.4 Å². The van der Waals surface area contributed by atoms with E-state index in [2.05, 4.69) is 5.32 Å². The molecule has 1 saturated heterocycles. The Balaban J connectivity index is 2.92. The van der Waals surface area contributed by atoms with Gasteiger partial charge < -0.3 is 43.6 Å². The van der Waals surface area contributed by atoms with E-state index in [-0.39, 0.29) is 33.0 Å². The van der Waals surface area contributed by atoms with Gasteiger partial charge in [0.1, 0.15) is 25.4 Å². The fourth-order valence-corrected chi connectivity index (χ4v) is 3.04. The highest BCUT2D eigenvalue weighted by atomic mass is 16.7. The lowest BCUT2D eigenvalue weighted by atomic mass is 9.96. The molecule has 0 aromatic heterocycles. The van der Waals surface area contributed by atoms with Crippen LogP contribution in [0.5, 0.6) is 0 Å². The first-order chi connectivity index (χ1) is 16.0. The van der Waals surface area contributed by atoms with Gasteiger partial charge in [-0.05, 0) is 0 Å². The number of hydrogen-bond acceptors (Lipinski definition) is 12. The molecule has 0 aromatic rings. The van der Waals surface area contributed by atoms with E-state index in [1.807, 2.05) is 0 Å². The van der Waals surface area contributed by atoms with Crippen LogP contribution in [0.25, 0.3) is 0 Å². The number of amides is 1. The van der Waals surface area contributed by atoms with Crippen LogP contribution in [-0.2, 0) is 57.1 Å². The summed E-state index contributed by atoms with van der Waals surface area (Å²) in [5.41, 5.74) is 0. The molecule has 1 aliphatic heterocycles. The first-order valence-electron chi connectivity index (χ1n) is 10.4. The molecule has 1 amide bonds. The summed E-state index contributed by atoms with van der Waals surface area (Å²) in [6.07, 6.45) is -4.68. The van der Waals surface area contributed by atoms with Gasteiger partial charge in [-0.25, -0.2) is 4.79 Å². The lowest BCUT2D eigenvalue weighted by molar-refractivity contribution is -0.279. The van der Waals surface area contributed by atoms with Crippen LogP contribution in [0.2, 0.25) is 0 Å². The van der Waals surface area contributed by atoms with Crippen LogP contribution >= 0.6 is 0 Å². The Morgan fingerprint density at radius 3 is 1.97 bits per heavy atom. The third-order valence-electron chi connectivity index (χ3n) is 4.18. The van der Waals surface area contributed by atoms with Crippen molar-refractivity contribution in [1.82, 2.24) is 5.32 Å². The average molecular weight is 493 g/mol. The Bertz CT molecular complexity index is 713. The van der Waals surface area contributed by atoms with Crippen LogP contribution < -0.4 is 5.32 Å². The van der Waals surface area contributed by atoms with Gasteiger partial charge in [0.15, 0.2) is 18.5 Å². The molecule has 2 N–H and O–H groups in total. The third-order valence-corrected chi connectivity index (χ3v) is 4.18. The molecule has 0 bridgehead atoms. The summed E-state index contributed by atoms with van der Waals surface area (Å²) < 4.78 is 37.2. The van der Waals surface area contributed by atoms with Crippen molar-refractivity contribution < 1.29 is 62.2 Å². The zero-order valence-electron chi connectivity index (χ0n) is 19.5. The summed E-state index contributed by atoms with van der Waals surface area (Å²) in [7, 11) is 0. The molecule has 5 unspecified atom stereocenters. The summed E-state index contributed by atoms with van der Waals surface area (Å²) in [5.74, 6) is -3.63. The second-order valence-corrected chi connectivity index (χ2v) is 7.15. The second-order valence-electron chi connectivity index (χ2n) is 7.15. The van der Waals surface area contributed by atoms with Gasteiger partial charge in [-0.2, -0.15) is 0 Å². The molecule has 0 aliphatic carbocycles. The molecule has 5 atom stereocenters. The number of aliphatic carboxylic acids is 1. The molecular weight excluding hydrogens is 462 g/mol. The fraction of sp³-hybridized carbons (Fsp3) is 0.750. The zero-order chi connectivity index (χ0) is 25.7. The minimum absolute atomic E-state index is 0.0367. The molecule has 0 saturated carbocycles. The SMILES string of the molecule is CC(=O)NC1C(OCCOCCOCC(=O)O)OC(COC(C)=O)C(OC(C)=O)C1OC(C)=O. The number of carboxylic acid groups (broad SMARTS) is 1. The molecular formula is C20H31NO13. The van der Waals surface area contributed by atoms with Crippen LogP contribution in [0.3, 0.4) is 0 Å². The molecule has 0 aromatic carbocycles. The molecule has 0 spiro atoms. The largest absolute Gasteiger partial charge is 0.480 e. The van der Waals surface area contributed by atoms with Crippen molar-refractivity contribution in [3.05, 3.63) is 0 Å². The first kappa shape index (κ1) is 29.2. The van der Waals surface area contributed by atoms with Crippen LogP contribution in [0.1, 0.15) is 27.7 Å². The van der Waals surface area contributed by atoms with E-state index in [1.54, 1.807) is 0 Å². The summed E-state index contributed by atoms with van der Waals surface area (Å²) in [6, 6.07) is -1.07. The highest BCUT2D eigenvalue weighted by Gasteiger charge is 2.51. The van der Waals surface area contributed by atoms with Crippen molar-refractivity contribution in [3.63, 3.8) is 0 Å². The number of carbonyl (C=O) groups excluding carboxylic acids is 4. The molecule has 1 fully saturated rings. The second kappa shape index (κ2) is 15.2. The van der Waals surface area contributed by atoms with E-state index in [0.29, 0.717) is 0 Å². The predicted molar refractivity (Wildman–Crippen MR) is 109 cm³/mol. The summed E-state index contributed by atoms with van der Waals surface area (Å²) in [4.78, 5) is 57.0. The van der Waals surface area contributed by atoms with Gasteiger partial charge in [-0.3, -0.25) is 19.2 Å². The van der Waals surface area contributed by atoms with Gasteiger partial charge in [0.25, 0.3) is 0 Å². The van der Waals surface area contributed by atoms with Crippen molar-refractivity contribution in [3.8, 4) is 0 Å². The van der Waals surface area contributed by atoms with Crippen molar-refractivity contribution in [2.75, 3.05) is 39.6 Å². The Kier molecular flexibility index (Phi) is 13.0. The standard InChI is InChI=1S/C20H31NO13/c1-11(22)21-17-19(33-14(4)25)18(32-13(3)24)15(9-31-12(2)23)34-20(17)30-8-7-28-5-6-29-10-16(26)27/h15,17-20H,5-10H2,1-4H3,(H,21,22)(H,26,27). The van der Waals surface area contributed by atoms with Gasteiger partial charge >= 0.3 is 23.9 Å². The normalized spacial score (nSPS) is 24.1. The van der Waals surface area contributed by atoms with Crippen LogP contribution in [0.15, 0.2) is 0 Å². The van der Waals surface area contributed by atoms with Gasteiger partial charge in [0, 0.05) is 27.7 Å². The van der Waals surface area contributed by atoms with E-state index in [4.69, 9.17) is 38.3 Å². The molecule has 14 heteroatoms. The molecule has 1 rings (SSSR count). The van der Waals surface area contributed by atoms with Crippen molar-refractivity contribution in [2.45, 2.75) is 58.3 Å². The maximum Gasteiger partial charge on any atom is 0.329 e. The highest BCUT2D eigenvalue weighted by Crippen LogP contribution is 2.28. The molecule has 1 heterocycles. The zero-order valence-corrected chi connectivity index (χ0v) is 19.5. The van der Waals surface area contributed by atoms with E-state index in [1.165, 1.54) is 13.8 Å². The summed E-state index contributed by atoms with van der Waals surface area (Å²) in [5, 5.41) is 11.1. The lowest BCUT2D eigenvalue weighted by Crippen LogP contribution is -2.66. The minimum Gasteiger partial charge on any atom is -0.480 e. The van der Waals surface area contributed by atoms with E-state index in [0.717, 1.165) is 13.8 Å². The fourth-order valence-electron chi connectivity index (χ4n) is 3.04. The van der Waals surface area contributed by atoms with Gasteiger partial charge in [-0.1, -0.05) is 0 Å². The minimum atomic E-state index is -1.21. The lowest BCUT2D eigenvalue weighted by Gasteiger charge is -2.44. The van der Waals surface area contributed by atoms with E-state index >= 15 is 0 Å². The monoisotopic (exact) mass is 493 g/mol. The van der Waals surface area contributed by atoms with Crippen molar-refractivity contribution >= 4 is 29.8 Å². The molecule has 1 aliphatic rings. The third kappa shape index (κ3) is 11.4. The van der Waals surface area contributed by atoms with Crippen molar-refractivity contribution in [2.24, 2.45) is 0 Å². The molecule has 194 valence electrons. The number of carboxylic acids is 1. The summed E-state index contributed by atoms with van der Waals surface area (Å²) >= 11 is 0. The number of nitrogens with one attached hydrogen (secondary N) is 1. The molecule has 34 heavy (non-hydrogen) atoms. The number of esters is 3. The van der Waals surface area contributed by atoms with Crippen LogP contribution in [0, 0.1) is 0 Å². The van der Waals surface area contributed by atoms with Gasteiger partial charge in [-0.15, -0.1) is 0 Å². The average Bonchev–Trinajstić information content (AvgIpc) is 2.71. The number of hydrogen-bond donors (Lipinski definition) is 2. The van der Waals surface area contributed by atoms with E-state index in [9.17, 15) is 24.0 Å². The smallest absolute Gasteiger partial charge is 0.329 e. The maximum atomic E-state index is 11.8. The Hall–Kier alpha value is -2.81. The number of rotatable bonds is 14. The number of ether oxygens (including phenoxy) is 7. The predicted octanol–water partition coefficient (Wildman–Crippen LogP) is -1.22.